The molecule has 1 aromatic carbocycles. The molecule has 0 aromatic heterocycles. The standard InChI is InChI=1S/C27H47NO/c1-8-12-14-22(10-3)20-28(21-23(11-4)15-13-9-2)26(29)24-16-18-25(19-17-24)27(5,6)7/h16-19,22-23H,8-15,20-21H2,1-7H3. The Morgan fingerprint density at radius 2 is 1.28 bits per heavy atom. The van der Waals surface area contributed by atoms with Crippen LogP contribution in [0.15, 0.2) is 24.3 Å². The third-order valence-electron chi connectivity index (χ3n) is 6.33. The zero-order valence-electron chi connectivity index (χ0n) is 20.4. The van der Waals surface area contributed by atoms with Crippen molar-refractivity contribution >= 4 is 5.91 Å². The Morgan fingerprint density at radius 3 is 1.62 bits per heavy atom. The van der Waals surface area contributed by atoms with Gasteiger partial charge in [0.05, 0.1) is 0 Å². The van der Waals surface area contributed by atoms with Crippen LogP contribution in [0.3, 0.4) is 0 Å². The molecule has 0 heterocycles. The van der Waals surface area contributed by atoms with Crippen molar-refractivity contribution in [3.63, 3.8) is 0 Å². The quantitative estimate of drug-likeness (QED) is 0.329. The largest absolute Gasteiger partial charge is 0.338 e. The molecule has 2 atom stereocenters. The van der Waals surface area contributed by atoms with Crippen LogP contribution in [0.2, 0.25) is 0 Å². The number of benzene rings is 1. The minimum atomic E-state index is 0.113. The zero-order chi connectivity index (χ0) is 21.9. The van der Waals surface area contributed by atoms with Gasteiger partial charge in [0.15, 0.2) is 0 Å². The highest BCUT2D eigenvalue weighted by Crippen LogP contribution is 2.24. The maximum Gasteiger partial charge on any atom is 0.253 e. The molecule has 2 heteroatoms. The Labute approximate surface area is 181 Å². The van der Waals surface area contributed by atoms with Crippen molar-refractivity contribution in [3.8, 4) is 0 Å². The van der Waals surface area contributed by atoms with Gasteiger partial charge in [0.2, 0.25) is 0 Å². The molecule has 1 rings (SSSR count). The van der Waals surface area contributed by atoms with Gasteiger partial charge < -0.3 is 4.90 Å². The molecule has 1 amide bonds. The molecule has 2 unspecified atom stereocenters. The number of hydrogen-bond acceptors (Lipinski definition) is 1. The van der Waals surface area contributed by atoms with Crippen LogP contribution >= 0.6 is 0 Å². The van der Waals surface area contributed by atoms with Crippen LogP contribution in [-0.2, 0) is 5.41 Å². The first kappa shape index (κ1) is 25.7. The number of carbonyl (C=O) groups excluding carboxylic acids is 1. The highest BCUT2D eigenvalue weighted by Gasteiger charge is 2.23. The normalized spacial score (nSPS) is 13.9. The molecule has 0 N–H and O–H groups in total. The molecule has 166 valence electrons. The van der Waals surface area contributed by atoms with Crippen LogP contribution in [-0.4, -0.2) is 23.9 Å². The van der Waals surface area contributed by atoms with Crippen LogP contribution < -0.4 is 0 Å². The summed E-state index contributed by atoms with van der Waals surface area (Å²) in [5.74, 6) is 1.43. The average molecular weight is 402 g/mol. The van der Waals surface area contributed by atoms with Gasteiger partial charge in [-0.3, -0.25) is 4.79 Å². The van der Waals surface area contributed by atoms with E-state index in [4.69, 9.17) is 0 Å². The van der Waals surface area contributed by atoms with Gasteiger partial charge in [0.25, 0.3) is 5.91 Å². The molecule has 0 radical (unpaired) electrons. The number of unbranched alkanes of at least 4 members (excludes halogenated alkanes) is 2. The van der Waals surface area contributed by atoms with Gasteiger partial charge in [-0.05, 0) is 47.8 Å². The smallest absolute Gasteiger partial charge is 0.253 e. The van der Waals surface area contributed by atoms with Gasteiger partial charge in [-0.25, -0.2) is 0 Å². The summed E-state index contributed by atoms with van der Waals surface area (Å²) < 4.78 is 0. The number of hydrogen-bond donors (Lipinski definition) is 0. The van der Waals surface area contributed by atoms with Gasteiger partial charge in [0.1, 0.15) is 0 Å². The Hall–Kier alpha value is -1.31. The Morgan fingerprint density at radius 1 is 0.828 bits per heavy atom. The highest BCUT2D eigenvalue weighted by molar-refractivity contribution is 5.94. The van der Waals surface area contributed by atoms with Crippen molar-refractivity contribution in [2.75, 3.05) is 13.1 Å². The molecule has 0 aliphatic rings. The van der Waals surface area contributed by atoms with Crippen LogP contribution in [0.4, 0.5) is 0 Å². The fourth-order valence-electron chi connectivity index (χ4n) is 3.99. The van der Waals surface area contributed by atoms with Crippen LogP contribution in [0.25, 0.3) is 0 Å². The van der Waals surface area contributed by atoms with E-state index >= 15 is 0 Å². The highest BCUT2D eigenvalue weighted by atomic mass is 16.2. The summed E-state index contributed by atoms with van der Waals surface area (Å²) in [7, 11) is 0. The van der Waals surface area contributed by atoms with Gasteiger partial charge in [0, 0.05) is 18.7 Å². The van der Waals surface area contributed by atoms with E-state index in [1.807, 2.05) is 12.1 Å². The van der Waals surface area contributed by atoms with Crippen LogP contribution in [0, 0.1) is 11.8 Å². The van der Waals surface area contributed by atoms with Gasteiger partial charge in [-0.1, -0.05) is 99.1 Å². The molecular weight excluding hydrogens is 354 g/mol. The van der Waals surface area contributed by atoms with E-state index in [1.165, 1.54) is 44.1 Å². The second-order valence-corrected chi connectivity index (χ2v) is 9.87. The number of nitrogens with zero attached hydrogens (tertiary/aromatic N) is 1. The molecule has 2 nitrogen and oxygen atoms in total. The molecular formula is C27H47NO. The molecule has 0 saturated carbocycles. The summed E-state index contributed by atoms with van der Waals surface area (Å²) in [6, 6.07) is 8.34. The number of amides is 1. The minimum Gasteiger partial charge on any atom is -0.338 e. The molecule has 0 aliphatic carbocycles. The van der Waals surface area contributed by atoms with E-state index in [2.05, 4.69) is 65.5 Å². The Balaban J connectivity index is 3.01. The van der Waals surface area contributed by atoms with Crippen LogP contribution in [0.5, 0.6) is 0 Å². The van der Waals surface area contributed by atoms with Gasteiger partial charge >= 0.3 is 0 Å². The van der Waals surface area contributed by atoms with Gasteiger partial charge in [-0.2, -0.15) is 0 Å². The van der Waals surface area contributed by atoms with E-state index < -0.39 is 0 Å². The molecule has 1 aromatic rings. The average Bonchev–Trinajstić information content (AvgIpc) is 2.71. The molecule has 0 spiro atoms. The summed E-state index contributed by atoms with van der Waals surface area (Å²) >= 11 is 0. The fourth-order valence-corrected chi connectivity index (χ4v) is 3.99. The number of rotatable bonds is 13. The van der Waals surface area contributed by atoms with Crippen molar-refractivity contribution in [3.05, 3.63) is 35.4 Å². The SMILES string of the molecule is CCCCC(CC)CN(CC(CC)CCCC)C(=O)c1ccc(C(C)(C)C)cc1. The van der Waals surface area contributed by atoms with Crippen LogP contribution in [0.1, 0.15) is 116 Å². The predicted octanol–water partition coefficient (Wildman–Crippen LogP) is 7.86. The molecule has 0 saturated heterocycles. The molecule has 0 bridgehead atoms. The number of carbonyl (C=O) groups is 1. The van der Waals surface area contributed by atoms with E-state index in [1.54, 1.807) is 0 Å². The van der Waals surface area contributed by atoms with E-state index in [0.29, 0.717) is 11.8 Å². The summed E-state index contributed by atoms with van der Waals surface area (Å²) in [5.41, 5.74) is 2.24. The first-order valence-electron chi connectivity index (χ1n) is 12.2. The zero-order valence-corrected chi connectivity index (χ0v) is 20.4. The molecule has 0 fully saturated rings. The van der Waals surface area contributed by atoms with Crippen molar-refractivity contribution in [1.29, 1.82) is 0 Å². The molecule has 29 heavy (non-hydrogen) atoms. The monoisotopic (exact) mass is 401 g/mol. The second-order valence-electron chi connectivity index (χ2n) is 9.87. The topological polar surface area (TPSA) is 20.3 Å². The Bertz CT molecular complexity index is 551. The van der Waals surface area contributed by atoms with Crippen molar-refractivity contribution in [2.45, 2.75) is 105 Å². The van der Waals surface area contributed by atoms with Crippen molar-refractivity contribution < 1.29 is 4.79 Å². The van der Waals surface area contributed by atoms with E-state index in [0.717, 1.165) is 31.5 Å². The lowest BCUT2D eigenvalue weighted by Gasteiger charge is -2.31. The third-order valence-corrected chi connectivity index (χ3v) is 6.33. The summed E-state index contributed by atoms with van der Waals surface area (Å²) in [4.78, 5) is 15.7. The van der Waals surface area contributed by atoms with Crippen molar-refractivity contribution in [2.24, 2.45) is 11.8 Å². The predicted molar refractivity (Wildman–Crippen MR) is 128 cm³/mol. The lowest BCUT2D eigenvalue weighted by molar-refractivity contribution is 0.0685. The molecule has 0 aliphatic heterocycles. The third kappa shape index (κ3) is 8.93. The fraction of sp³-hybridized carbons (Fsp3) is 0.741. The van der Waals surface area contributed by atoms with E-state index in [-0.39, 0.29) is 11.3 Å². The van der Waals surface area contributed by atoms with Crippen molar-refractivity contribution in [1.82, 2.24) is 4.90 Å². The lowest BCUT2D eigenvalue weighted by atomic mass is 9.86. The van der Waals surface area contributed by atoms with E-state index in [9.17, 15) is 4.79 Å². The maximum absolute atomic E-state index is 13.5. The lowest BCUT2D eigenvalue weighted by Crippen LogP contribution is -2.39. The summed E-state index contributed by atoms with van der Waals surface area (Å²) in [6.45, 7) is 17.5. The first-order chi connectivity index (χ1) is 13.8. The Kier molecular flexibility index (Phi) is 11.6. The maximum atomic E-state index is 13.5. The summed E-state index contributed by atoms with van der Waals surface area (Å²) in [6.07, 6.45) is 9.73. The summed E-state index contributed by atoms with van der Waals surface area (Å²) in [5, 5.41) is 0. The second kappa shape index (κ2) is 13.1. The first-order valence-corrected chi connectivity index (χ1v) is 12.2. The minimum absolute atomic E-state index is 0.113. The van der Waals surface area contributed by atoms with Gasteiger partial charge in [-0.15, -0.1) is 0 Å².